The summed E-state index contributed by atoms with van der Waals surface area (Å²) in [5, 5.41) is 6.60. The molecule has 21 heteroatoms. The van der Waals surface area contributed by atoms with Crippen LogP contribution in [0.4, 0.5) is 0 Å². The van der Waals surface area contributed by atoms with Crippen molar-refractivity contribution in [3.63, 3.8) is 0 Å². The Morgan fingerprint density at radius 1 is 0.229 bits per heavy atom. The predicted octanol–water partition coefficient (Wildman–Crippen LogP) is 18.5. The molecule has 0 saturated carbocycles. The molecule has 523 valence electrons. The van der Waals surface area contributed by atoms with E-state index in [1.165, 1.54) is 0 Å². The van der Waals surface area contributed by atoms with Gasteiger partial charge in [-0.05, 0) is 108 Å². The summed E-state index contributed by atoms with van der Waals surface area (Å²) in [6.45, 7) is 17.1. The Labute approximate surface area is 646 Å². The fraction of sp³-hybridized carbons (Fsp3) is 0.238. The summed E-state index contributed by atoms with van der Waals surface area (Å²) in [7, 11) is 0. The number of hydrogen-bond acceptors (Lipinski definition) is 16. The summed E-state index contributed by atoms with van der Waals surface area (Å²) in [5.74, 6) is 6.65. The molecular formula is C84H72EuN16O4-4. The summed E-state index contributed by atoms with van der Waals surface area (Å²) in [4.78, 5) is 81.2. The first-order valence-corrected chi connectivity index (χ1v) is 36.1. The molecule has 6 aromatic heterocycles. The van der Waals surface area contributed by atoms with Gasteiger partial charge in [-0.25, -0.2) is 19.9 Å². The molecule has 10 heterocycles. The second-order valence-corrected chi connectivity index (χ2v) is 26.1. The number of aromatic nitrogens is 16. The number of rotatable bonds is 16. The summed E-state index contributed by atoms with van der Waals surface area (Å²) < 4.78 is 26.8. The van der Waals surface area contributed by atoms with E-state index < -0.39 is 0 Å². The van der Waals surface area contributed by atoms with Gasteiger partial charge in [-0.2, -0.15) is 0 Å². The fourth-order valence-electron chi connectivity index (χ4n) is 14.1. The van der Waals surface area contributed by atoms with Gasteiger partial charge in [0, 0.05) is 139 Å². The minimum absolute atomic E-state index is 0. The maximum Gasteiger partial charge on any atom is 0.130 e. The maximum absolute atomic E-state index is 6.71. The molecule has 14 aromatic rings. The van der Waals surface area contributed by atoms with Gasteiger partial charge in [0.05, 0.1) is 82.1 Å². The number of nitrogens with zero attached hydrogens (tertiary/aromatic N) is 16. The minimum Gasteiger partial charge on any atom is -0.490 e. The van der Waals surface area contributed by atoms with Crippen molar-refractivity contribution in [2.75, 3.05) is 0 Å². The summed E-state index contributed by atoms with van der Waals surface area (Å²) in [6, 6.07) is 55.7. The van der Waals surface area contributed by atoms with E-state index >= 15 is 0 Å². The molecule has 0 aliphatic carbocycles. The number of hydrogen-bond donors (Lipinski definition) is 0. The van der Waals surface area contributed by atoms with Gasteiger partial charge in [0.2, 0.25) is 0 Å². The van der Waals surface area contributed by atoms with Crippen molar-refractivity contribution in [2.45, 2.75) is 131 Å². The first-order valence-electron chi connectivity index (χ1n) is 36.1. The molecule has 1 radical (unpaired) electrons. The molecule has 4 aliphatic heterocycles. The fourth-order valence-corrected chi connectivity index (χ4v) is 14.1. The average Bonchev–Trinajstić information content (AvgIpc) is 1.60. The second kappa shape index (κ2) is 29.1. The van der Waals surface area contributed by atoms with E-state index in [1.807, 2.05) is 170 Å². The number of fused-ring (bicyclic) bond motifs is 40. The van der Waals surface area contributed by atoms with E-state index in [9.17, 15) is 0 Å². The van der Waals surface area contributed by atoms with Crippen LogP contribution in [0.25, 0.3) is 179 Å². The first kappa shape index (κ1) is 68.7. The molecular weight excluding hydrogens is 1450 g/mol. The third-order valence-electron chi connectivity index (χ3n) is 19.8. The van der Waals surface area contributed by atoms with Crippen molar-refractivity contribution in [2.24, 2.45) is 0 Å². The van der Waals surface area contributed by atoms with E-state index in [2.05, 4.69) is 55.4 Å². The molecule has 4 aliphatic rings. The Morgan fingerprint density at radius 3 is 0.771 bits per heavy atom. The Balaban J connectivity index is 0.000000176. The Morgan fingerprint density at radius 2 is 0.448 bits per heavy atom. The van der Waals surface area contributed by atoms with E-state index in [0.717, 1.165) is 139 Å². The van der Waals surface area contributed by atoms with Gasteiger partial charge >= 0.3 is 0 Å². The van der Waals surface area contributed by atoms with Crippen molar-refractivity contribution in [1.82, 2.24) is 79.7 Å². The maximum atomic E-state index is 6.71. The zero-order valence-corrected chi connectivity index (χ0v) is 61.7. The molecule has 0 amide bonds. The van der Waals surface area contributed by atoms with E-state index in [0.29, 0.717) is 115 Å². The van der Waals surface area contributed by atoms with Crippen LogP contribution in [-0.4, -0.2) is 84.2 Å². The van der Waals surface area contributed by atoms with Crippen molar-refractivity contribution in [3.05, 3.63) is 170 Å². The quantitative estimate of drug-likeness (QED) is 0.0872. The normalized spacial score (nSPS) is 12.0. The van der Waals surface area contributed by atoms with Crippen LogP contribution in [0.5, 0.6) is 23.0 Å². The first-order chi connectivity index (χ1) is 51.1. The Kier molecular flexibility index (Phi) is 19.0. The Hall–Kier alpha value is -10.7. The van der Waals surface area contributed by atoms with Gasteiger partial charge in [-0.1, -0.05) is 201 Å². The third kappa shape index (κ3) is 12.5. The van der Waals surface area contributed by atoms with Crippen LogP contribution in [0.15, 0.2) is 170 Å². The van der Waals surface area contributed by atoms with Gasteiger partial charge < -0.3 is 78.8 Å². The number of ether oxygens (including phenoxy) is 4. The van der Waals surface area contributed by atoms with Crippen LogP contribution < -0.4 is 38.9 Å². The van der Waals surface area contributed by atoms with E-state index in [-0.39, 0.29) is 73.8 Å². The summed E-state index contributed by atoms with van der Waals surface area (Å²) in [6.07, 6.45) is 6.73. The monoisotopic (exact) mass is 1520 g/mol. The molecule has 105 heavy (non-hydrogen) atoms. The van der Waals surface area contributed by atoms with Gasteiger partial charge in [-0.15, -0.1) is 0 Å². The van der Waals surface area contributed by atoms with Gasteiger partial charge in [0.25, 0.3) is 0 Å². The molecule has 16 bridgehead atoms. The van der Waals surface area contributed by atoms with Crippen molar-refractivity contribution in [1.29, 1.82) is 0 Å². The summed E-state index contributed by atoms with van der Waals surface area (Å²) in [5.41, 5.74) is 10.5. The zero-order chi connectivity index (χ0) is 70.7. The number of benzene rings is 8. The SMILES string of the molecule is CCC(CC)Oc1cccc2c1-c1nc-2nc2[n-]c(nc3nc(nc4[n-]c(n1)c1cccc(OC(CC)CC)c41)-c1cccc(OC(CC)CC)c1-3)c1cccc(OC(CC)CC)c21.[Eu].c1ccc2c(c1)-c1nc-2nc2[n-]c(nc3nc(nc4[n-]c(n1)c1ccccc41)-c1ccccc1-3)c1ccccc21. The van der Waals surface area contributed by atoms with Crippen LogP contribution in [0.3, 0.4) is 0 Å². The topological polar surface area (TPSA) is 248 Å². The van der Waals surface area contributed by atoms with Crippen molar-refractivity contribution < 1.29 is 68.3 Å². The minimum atomic E-state index is -0.00428. The van der Waals surface area contributed by atoms with Crippen LogP contribution in [0.1, 0.15) is 107 Å². The van der Waals surface area contributed by atoms with Crippen LogP contribution >= 0.6 is 0 Å². The average molecular weight is 1520 g/mol. The molecule has 20 nitrogen and oxygen atoms in total. The zero-order valence-electron chi connectivity index (χ0n) is 59.3. The predicted molar refractivity (Wildman–Crippen MR) is 408 cm³/mol. The molecule has 0 N–H and O–H groups in total. The van der Waals surface area contributed by atoms with Crippen LogP contribution in [0, 0.1) is 49.4 Å². The standard InChI is InChI=1S/C52H56N8O4.C32H16N8.Eu/c1-9-29(10-2)61-37-25-17-21-33-41(37)49-53-45(33)58-50-43-35(23-19-27-39(43)63-31(13-5)14-6)47(55-50)60-52-44-36(24-20-28-40(44)64-32(15-7)16-8)48(56-52)59-51-42-34(46(54-51)57-49)22-18-26-38(42)62-30(11-3)12-4;1-2-10-18-17(9-1)25-33-26(18)38-28-21-13-5-6-14-22(21)30(35-28)40-32-24-16-8-7-15-23(24)31(36-32)39-29-20-12-4-3-11-19(20)27(34-29)37-25;/h17-32H,9-16H2,1-8H3;1-16H;/q2*-2;. The molecule has 0 spiro atoms. The molecule has 18 rings (SSSR count). The molecule has 0 fully saturated rings. The summed E-state index contributed by atoms with van der Waals surface area (Å²) >= 11 is 0. The smallest absolute Gasteiger partial charge is 0.130 e. The molecule has 0 atom stereocenters. The van der Waals surface area contributed by atoms with Crippen LogP contribution in [0.2, 0.25) is 0 Å². The molecule has 0 saturated heterocycles. The largest absolute Gasteiger partial charge is 0.490 e. The Bertz CT molecular complexity index is 5570. The third-order valence-corrected chi connectivity index (χ3v) is 19.8. The van der Waals surface area contributed by atoms with E-state index in [1.54, 1.807) is 0 Å². The molecule has 8 aromatic carbocycles. The van der Waals surface area contributed by atoms with Gasteiger partial charge in [-0.3, -0.25) is 0 Å². The van der Waals surface area contributed by atoms with Crippen molar-refractivity contribution >= 4 is 88.3 Å². The van der Waals surface area contributed by atoms with Crippen LogP contribution in [-0.2, 0) is 0 Å². The second-order valence-electron chi connectivity index (χ2n) is 26.1. The van der Waals surface area contributed by atoms with Gasteiger partial charge in [0.1, 0.15) is 23.0 Å². The molecule has 0 unspecified atom stereocenters. The van der Waals surface area contributed by atoms with E-state index in [4.69, 9.17) is 98.7 Å². The van der Waals surface area contributed by atoms with Gasteiger partial charge in [0.15, 0.2) is 0 Å². The van der Waals surface area contributed by atoms with Crippen molar-refractivity contribution in [3.8, 4) is 114 Å².